The summed E-state index contributed by atoms with van der Waals surface area (Å²) in [5.41, 5.74) is -0.626. The van der Waals surface area contributed by atoms with Crippen molar-refractivity contribution in [2.75, 3.05) is 18.1 Å². The van der Waals surface area contributed by atoms with Crippen molar-refractivity contribution in [2.45, 2.75) is 42.9 Å². The van der Waals surface area contributed by atoms with Crippen LogP contribution in [0.1, 0.15) is 26.3 Å². The number of phenolic OH excluding ortho intramolecular Hbond substituents is 1. The molecule has 0 saturated carbocycles. The lowest BCUT2D eigenvalue weighted by atomic mass is 10.0. The molecule has 18 heteroatoms. The molecule has 0 radical (unpaired) electrons. The van der Waals surface area contributed by atoms with E-state index in [9.17, 15) is 29.4 Å². The number of carboxylic acids is 1. The van der Waals surface area contributed by atoms with Crippen LogP contribution in [0.3, 0.4) is 0 Å². The number of aliphatic carboxylic acids is 1. The van der Waals surface area contributed by atoms with Crippen molar-refractivity contribution in [3.05, 3.63) is 40.1 Å². The Hall–Kier alpha value is -3.83. The van der Waals surface area contributed by atoms with Crippen LogP contribution in [0, 0.1) is 0 Å². The molecule has 42 heavy (non-hydrogen) atoms. The van der Waals surface area contributed by atoms with E-state index in [2.05, 4.69) is 26.0 Å². The maximum Gasteiger partial charge on any atom is 0.352 e. The number of thioether (sulfide) groups is 2. The first-order chi connectivity index (χ1) is 19.8. The summed E-state index contributed by atoms with van der Waals surface area (Å²) in [5.74, 6) is -3.19. The molecule has 0 bridgehead atoms. The highest BCUT2D eigenvalue weighted by atomic mass is 35.5. The minimum absolute atomic E-state index is 0.0763. The monoisotopic (exact) mass is 639 g/mol. The van der Waals surface area contributed by atoms with Gasteiger partial charge in [0.05, 0.1) is 5.02 Å². The molecule has 2 atom stereocenters. The van der Waals surface area contributed by atoms with Crippen LogP contribution in [0.5, 0.6) is 5.75 Å². The number of hydrogen-bond acceptors (Lipinski definition) is 13. The molecule has 1 aromatic heterocycles. The Kier molecular flexibility index (Phi) is 9.32. The van der Waals surface area contributed by atoms with Crippen molar-refractivity contribution >= 4 is 64.6 Å². The van der Waals surface area contributed by atoms with Gasteiger partial charge in [-0.15, -0.1) is 16.9 Å². The van der Waals surface area contributed by atoms with Gasteiger partial charge in [0.25, 0.3) is 11.8 Å². The summed E-state index contributed by atoms with van der Waals surface area (Å²) in [7, 11) is 1.65. The maximum absolute atomic E-state index is 13.3. The predicted molar refractivity (Wildman–Crippen MR) is 151 cm³/mol. The lowest BCUT2D eigenvalue weighted by Crippen LogP contribution is -2.71. The third-order valence-corrected chi connectivity index (χ3v) is 8.43. The van der Waals surface area contributed by atoms with E-state index in [0.29, 0.717) is 10.7 Å². The van der Waals surface area contributed by atoms with Crippen molar-refractivity contribution in [3.8, 4) is 5.75 Å². The van der Waals surface area contributed by atoms with Crippen LogP contribution < -0.4 is 5.32 Å². The normalized spacial score (nSPS) is 18.7. The molecule has 0 aliphatic carbocycles. The van der Waals surface area contributed by atoms with Gasteiger partial charge in [0.15, 0.2) is 5.71 Å². The zero-order valence-electron chi connectivity index (χ0n) is 22.7. The summed E-state index contributed by atoms with van der Waals surface area (Å²) in [5, 5.41) is 37.0. The molecule has 2 aliphatic rings. The van der Waals surface area contributed by atoms with Crippen LogP contribution in [-0.4, -0.2) is 99.9 Å². The Morgan fingerprint density at radius 1 is 1.31 bits per heavy atom. The number of aromatic nitrogens is 4. The molecule has 1 saturated heterocycles. The highest BCUT2D eigenvalue weighted by Crippen LogP contribution is 2.41. The number of esters is 1. The Bertz CT molecular complexity index is 1490. The van der Waals surface area contributed by atoms with Gasteiger partial charge in [0, 0.05) is 24.1 Å². The van der Waals surface area contributed by atoms with Gasteiger partial charge < -0.3 is 25.1 Å². The fourth-order valence-corrected chi connectivity index (χ4v) is 6.41. The molecule has 1 fully saturated rings. The first-order valence-corrected chi connectivity index (χ1v) is 14.6. The minimum atomic E-state index is -1.28. The molecule has 2 aliphatic heterocycles. The number of hydrogen-bond donors (Lipinski definition) is 3. The van der Waals surface area contributed by atoms with E-state index < -0.39 is 47.4 Å². The molecule has 4 rings (SSSR count). The zero-order chi connectivity index (χ0) is 30.8. The second-order valence-electron chi connectivity index (χ2n) is 9.96. The summed E-state index contributed by atoms with van der Waals surface area (Å²) in [6.07, 6.45) is 0. The molecular formula is C24H26ClN7O8S2. The fourth-order valence-electron chi connectivity index (χ4n) is 3.90. The van der Waals surface area contributed by atoms with Gasteiger partial charge >= 0.3 is 11.9 Å². The number of phenols is 1. The number of aryl methyl sites for hydroxylation is 1. The summed E-state index contributed by atoms with van der Waals surface area (Å²) in [4.78, 5) is 56.9. The Morgan fingerprint density at radius 2 is 2.05 bits per heavy atom. The minimum Gasteiger partial charge on any atom is -0.506 e. The standard InChI is InChI=1S/C24H26ClN7O8S2/c1-24(2,3)40-15(34)8-39-28-16(11-5-6-14(33)13(25)7-11)19(35)26-17-20(36)32-18(22(37)38)12(9-41-21(17)32)10-42-23-27-29-30-31(23)4/h5-7,17,21,33H,8-10H2,1-4H3,(H,26,35)(H,37,38)/t17?,21-/m1/s1. The predicted octanol–water partition coefficient (Wildman–Crippen LogP) is 1.16. The highest BCUT2D eigenvalue weighted by molar-refractivity contribution is 8.01. The Morgan fingerprint density at radius 3 is 2.67 bits per heavy atom. The molecule has 2 aromatic rings. The molecule has 224 valence electrons. The molecule has 0 spiro atoms. The number of carbonyl (C=O) groups excluding carboxylic acids is 3. The largest absolute Gasteiger partial charge is 0.506 e. The number of benzene rings is 1. The average Bonchev–Trinajstić information content (AvgIpc) is 3.32. The lowest BCUT2D eigenvalue weighted by molar-refractivity contribution is -0.160. The Balaban J connectivity index is 1.50. The third-order valence-electron chi connectivity index (χ3n) is 5.69. The summed E-state index contributed by atoms with van der Waals surface area (Å²) < 4.78 is 6.61. The van der Waals surface area contributed by atoms with Crippen molar-refractivity contribution in [1.29, 1.82) is 0 Å². The average molecular weight is 640 g/mol. The number of halogens is 1. The SMILES string of the molecule is Cn1nnnc1SCC1=C(C(=O)O)N2C(=O)C(NC(=O)C(=NOCC(=O)OC(C)(C)C)c3ccc(O)c(Cl)c3)[C@H]2SC1. The number of carbonyl (C=O) groups is 4. The number of aromatic hydroxyl groups is 1. The second-order valence-corrected chi connectivity index (χ2v) is 12.4. The van der Waals surface area contributed by atoms with E-state index in [4.69, 9.17) is 21.2 Å². The van der Waals surface area contributed by atoms with Crippen LogP contribution in [0.15, 0.2) is 39.8 Å². The van der Waals surface area contributed by atoms with E-state index in [1.807, 2.05) is 0 Å². The molecule has 1 aromatic carbocycles. The number of amides is 2. The first-order valence-electron chi connectivity index (χ1n) is 12.2. The van der Waals surface area contributed by atoms with Gasteiger partial charge in [0.1, 0.15) is 28.5 Å². The van der Waals surface area contributed by atoms with Gasteiger partial charge in [-0.3, -0.25) is 14.5 Å². The molecule has 15 nitrogen and oxygen atoms in total. The lowest BCUT2D eigenvalue weighted by Gasteiger charge is -2.49. The number of fused-ring (bicyclic) bond motifs is 1. The Labute approximate surface area is 252 Å². The summed E-state index contributed by atoms with van der Waals surface area (Å²) in [6, 6.07) is 2.78. The van der Waals surface area contributed by atoms with E-state index in [-0.39, 0.29) is 39.3 Å². The molecule has 3 heterocycles. The van der Waals surface area contributed by atoms with Gasteiger partial charge in [-0.25, -0.2) is 14.3 Å². The second kappa shape index (κ2) is 12.6. The van der Waals surface area contributed by atoms with Gasteiger partial charge in [-0.2, -0.15) is 0 Å². The number of ether oxygens (including phenoxy) is 1. The van der Waals surface area contributed by atoms with E-state index in [0.717, 1.165) is 4.90 Å². The highest BCUT2D eigenvalue weighted by Gasteiger charge is 2.54. The van der Waals surface area contributed by atoms with Crippen LogP contribution in [-0.2, 0) is 35.8 Å². The molecule has 1 unspecified atom stereocenters. The molecular weight excluding hydrogens is 614 g/mol. The number of β-lactam (4-membered cyclic amide) rings is 1. The van der Waals surface area contributed by atoms with E-state index in [1.165, 1.54) is 46.4 Å². The van der Waals surface area contributed by atoms with Gasteiger partial charge in [0.2, 0.25) is 11.8 Å². The smallest absolute Gasteiger partial charge is 0.352 e. The number of rotatable bonds is 10. The number of oxime groups is 1. The number of tetrazole rings is 1. The van der Waals surface area contributed by atoms with Crippen LogP contribution >= 0.6 is 35.1 Å². The summed E-state index contributed by atoms with van der Waals surface area (Å²) in [6.45, 7) is 4.42. The van der Waals surface area contributed by atoms with Crippen LogP contribution in [0.25, 0.3) is 0 Å². The van der Waals surface area contributed by atoms with E-state index in [1.54, 1.807) is 27.8 Å². The van der Waals surface area contributed by atoms with Crippen LogP contribution in [0.2, 0.25) is 5.02 Å². The van der Waals surface area contributed by atoms with Crippen molar-refractivity contribution in [1.82, 2.24) is 30.4 Å². The number of nitrogens with zero attached hydrogens (tertiary/aromatic N) is 6. The third kappa shape index (κ3) is 6.96. The van der Waals surface area contributed by atoms with Gasteiger partial charge in [-0.05, 0) is 55.0 Å². The fraction of sp³-hybridized carbons (Fsp3) is 0.417. The van der Waals surface area contributed by atoms with Gasteiger partial charge in [-0.1, -0.05) is 28.5 Å². The number of carboxylic acid groups (broad SMARTS) is 1. The summed E-state index contributed by atoms with van der Waals surface area (Å²) >= 11 is 8.53. The maximum atomic E-state index is 13.3. The quantitative estimate of drug-likeness (QED) is 0.110. The molecule has 2 amide bonds. The van der Waals surface area contributed by atoms with Crippen molar-refractivity contribution in [3.63, 3.8) is 0 Å². The van der Waals surface area contributed by atoms with Crippen molar-refractivity contribution < 1.29 is 39.0 Å². The molecule has 3 N–H and O–H groups in total. The van der Waals surface area contributed by atoms with Crippen LogP contribution in [0.4, 0.5) is 0 Å². The van der Waals surface area contributed by atoms with E-state index >= 15 is 0 Å². The zero-order valence-corrected chi connectivity index (χ0v) is 25.1. The first kappa shape index (κ1) is 31.1. The van der Waals surface area contributed by atoms with Crippen molar-refractivity contribution in [2.24, 2.45) is 12.2 Å². The topological polar surface area (TPSA) is 198 Å². The number of nitrogens with one attached hydrogen (secondary N) is 1.